The van der Waals surface area contributed by atoms with Crippen LogP contribution in [0.3, 0.4) is 0 Å². The second-order valence-electron chi connectivity index (χ2n) is 4.20. The molecule has 1 fully saturated rings. The molecule has 0 spiro atoms. The number of aromatic nitrogens is 3. The summed E-state index contributed by atoms with van der Waals surface area (Å²) in [5.41, 5.74) is 0.580. The highest BCUT2D eigenvalue weighted by Gasteiger charge is 2.22. The van der Waals surface area contributed by atoms with Gasteiger partial charge in [-0.2, -0.15) is 0 Å². The lowest BCUT2D eigenvalue weighted by Crippen LogP contribution is -2.47. The molecule has 1 aliphatic rings. The van der Waals surface area contributed by atoms with Gasteiger partial charge in [-0.25, -0.2) is 4.68 Å². The van der Waals surface area contributed by atoms with Crippen molar-refractivity contribution in [2.75, 3.05) is 26.2 Å². The molecule has 2 rings (SSSR count). The van der Waals surface area contributed by atoms with Crippen LogP contribution in [0, 0.1) is 0 Å². The lowest BCUT2D eigenvalue weighted by molar-refractivity contribution is 0.0721. The molecule has 0 atom stereocenters. The molecule has 1 aromatic rings. The zero-order chi connectivity index (χ0) is 11.5. The molecule has 0 aromatic carbocycles. The van der Waals surface area contributed by atoms with E-state index in [1.54, 1.807) is 10.9 Å². The maximum absolute atomic E-state index is 12.2. The van der Waals surface area contributed by atoms with Crippen LogP contribution in [-0.4, -0.2) is 52.0 Å². The average molecular weight is 223 g/mol. The minimum absolute atomic E-state index is 0.0280. The molecule has 0 unspecified atom stereocenters. The van der Waals surface area contributed by atoms with Gasteiger partial charge in [-0.05, 0) is 13.8 Å². The minimum atomic E-state index is 0.0280. The Balaban J connectivity index is 2.16. The highest BCUT2D eigenvalue weighted by atomic mass is 16.2. The molecule has 0 saturated carbocycles. The Morgan fingerprint density at radius 2 is 2.12 bits per heavy atom. The first-order valence-corrected chi connectivity index (χ1v) is 5.60. The van der Waals surface area contributed by atoms with E-state index < -0.39 is 0 Å². The van der Waals surface area contributed by atoms with Gasteiger partial charge < -0.3 is 10.2 Å². The van der Waals surface area contributed by atoms with Crippen molar-refractivity contribution in [3.05, 3.63) is 11.9 Å². The van der Waals surface area contributed by atoms with Crippen LogP contribution in [0.25, 0.3) is 0 Å². The number of amides is 1. The summed E-state index contributed by atoms with van der Waals surface area (Å²) >= 11 is 0. The second-order valence-corrected chi connectivity index (χ2v) is 4.20. The number of hydrogen-bond donors (Lipinski definition) is 1. The van der Waals surface area contributed by atoms with Crippen molar-refractivity contribution in [3.8, 4) is 0 Å². The van der Waals surface area contributed by atoms with E-state index in [-0.39, 0.29) is 11.9 Å². The zero-order valence-electron chi connectivity index (χ0n) is 9.68. The van der Waals surface area contributed by atoms with Gasteiger partial charge in [-0.15, -0.1) is 5.10 Å². The van der Waals surface area contributed by atoms with Gasteiger partial charge in [0.1, 0.15) is 5.69 Å². The first kappa shape index (κ1) is 11.1. The topological polar surface area (TPSA) is 63.1 Å². The van der Waals surface area contributed by atoms with E-state index >= 15 is 0 Å². The van der Waals surface area contributed by atoms with Crippen LogP contribution < -0.4 is 5.32 Å². The normalized spacial score (nSPS) is 16.8. The summed E-state index contributed by atoms with van der Waals surface area (Å²) in [7, 11) is 0. The van der Waals surface area contributed by atoms with Gasteiger partial charge in [0.15, 0.2) is 0 Å². The van der Waals surface area contributed by atoms with E-state index in [9.17, 15) is 4.79 Å². The van der Waals surface area contributed by atoms with Crippen LogP contribution in [0.1, 0.15) is 30.4 Å². The van der Waals surface area contributed by atoms with E-state index in [1.165, 1.54) is 0 Å². The van der Waals surface area contributed by atoms with Gasteiger partial charge in [0.25, 0.3) is 5.91 Å². The monoisotopic (exact) mass is 223 g/mol. The van der Waals surface area contributed by atoms with Gasteiger partial charge in [0.2, 0.25) is 0 Å². The van der Waals surface area contributed by atoms with Crippen LogP contribution in [-0.2, 0) is 0 Å². The number of carbonyl (C=O) groups excluding carboxylic acids is 1. The van der Waals surface area contributed by atoms with Crippen molar-refractivity contribution >= 4 is 5.91 Å². The van der Waals surface area contributed by atoms with Gasteiger partial charge in [0.05, 0.1) is 6.20 Å². The Morgan fingerprint density at radius 3 is 2.75 bits per heavy atom. The maximum atomic E-state index is 12.2. The number of rotatable bonds is 2. The Hall–Kier alpha value is -1.43. The third kappa shape index (κ3) is 2.06. The first-order chi connectivity index (χ1) is 7.70. The van der Waals surface area contributed by atoms with Gasteiger partial charge in [0, 0.05) is 32.2 Å². The molecule has 1 amide bonds. The van der Waals surface area contributed by atoms with E-state index in [0.717, 1.165) is 26.2 Å². The molecule has 6 nitrogen and oxygen atoms in total. The predicted octanol–water partition coefficient (Wildman–Crippen LogP) is -0.0956. The van der Waals surface area contributed by atoms with Gasteiger partial charge in [-0.3, -0.25) is 4.79 Å². The SMILES string of the molecule is CC(C)n1nncc1C(=O)N1CCNCC1. The highest BCUT2D eigenvalue weighted by Crippen LogP contribution is 2.09. The molecule has 88 valence electrons. The predicted molar refractivity (Wildman–Crippen MR) is 59.2 cm³/mol. The quantitative estimate of drug-likeness (QED) is 0.760. The molecule has 0 bridgehead atoms. The molecular formula is C10H17N5O. The third-order valence-electron chi connectivity index (χ3n) is 2.69. The Bertz CT molecular complexity index is 367. The molecule has 0 aliphatic carbocycles. The van der Waals surface area contributed by atoms with Crippen molar-refractivity contribution in [2.45, 2.75) is 19.9 Å². The molecule has 1 saturated heterocycles. The molecule has 0 radical (unpaired) electrons. The zero-order valence-corrected chi connectivity index (χ0v) is 9.68. The van der Waals surface area contributed by atoms with Crippen molar-refractivity contribution in [2.24, 2.45) is 0 Å². The average Bonchev–Trinajstić information content (AvgIpc) is 2.78. The number of nitrogens with zero attached hydrogens (tertiary/aromatic N) is 4. The van der Waals surface area contributed by atoms with Crippen LogP contribution in [0.4, 0.5) is 0 Å². The summed E-state index contributed by atoms with van der Waals surface area (Å²) < 4.78 is 1.67. The molecule has 1 N–H and O–H groups in total. The fourth-order valence-corrected chi connectivity index (χ4v) is 1.81. The lowest BCUT2D eigenvalue weighted by Gasteiger charge is -2.27. The number of hydrogen-bond acceptors (Lipinski definition) is 4. The summed E-state index contributed by atoms with van der Waals surface area (Å²) in [5.74, 6) is 0.0280. The largest absolute Gasteiger partial charge is 0.335 e. The summed E-state index contributed by atoms with van der Waals surface area (Å²) in [5, 5.41) is 11.0. The van der Waals surface area contributed by atoms with Crippen molar-refractivity contribution < 1.29 is 4.79 Å². The van der Waals surface area contributed by atoms with Crippen molar-refractivity contribution in [3.63, 3.8) is 0 Å². The van der Waals surface area contributed by atoms with E-state index in [1.807, 2.05) is 18.7 Å². The molecule has 16 heavy (non-hydrogen) atoms. The van der Waals surface area contributed by atoms with Gasteiger partial charge >= 0.3 is 0 Å². The molecule has 1 aromatic heterocycles. The molecule has 6 heteroatoms. The number of piperazine rings is 1. The summed E-state index contributed by atoms with van der Waals surface area (Å²) in [6, 6.07) is 0.157. The maximum Gasteiger partial charge on any atom is 0.273 e. The van der Waals surface area contributed by atoms with Crippen molar-refractivity contribution in [1.82, 2.24) is 25.2 Å². The van der Waals surface area contributed by atoms with Gasteiger partial charge in [-0.1, -0.05) is 5.21 Å². The number of nitrogens with one attached hydrogen (secondary N) is 1. The Morgan fingerprint density at radius 1 is 1.44 bits per heavy atom. The first-order valence-electron chi connectivity index (χ1n) is 5.60. The molecule has 2 heterocycles. The lowest BCUT2D eigenvalue weighted by atomic mass is 10.3. The summed E-state index contributed by atoms with van der Waals surface area (Å²) in [6.45, 7) is 7.20. The summed E-state index contributed by atoms with van der Waals surface area (Å²) in [6.07, 6.45) is 1.55. The van der Waals surface area contributed by atoms with Crippen LogP contribution in [0.15, 0.2) is 6.20 Å². The molecule has 1 aliphatic heterocycles. The van der Waals surface area contributed by atoms with Crippen LogP contribution in [0.2, 0.25) is 0 Å². The van der Waals surface area contributed by atoms with Crippen LogP contribution >= 0.6 is 0 Å². The Labute approximate surface area is 94.6 Å². The summed E-state index contributed by atoms with van der Waals surface area (Å²) in [4.78, 5) is 14.0. The molecular weight excluding hydrogens is 206 g/mol. The second kappa shape index (κ2) is 4.61. The van der Waals surface area contributed by atoms with E-state index in [0.29, 0.717) is 5.69 Å². The van der Waals surface area contributed by atoms with E-state index in [4.69, 9.17) is 0 Å². The van der Waals surface area contributed by atoms with E-state index in [2.05, 4.69) is 15.6 Å². The standard InChI is InChI=1S/C10H17N5O/c1-8(2)15-9(7-12-13-15)10(16)14-5-3-11-4-6-14/h7-8,11H,3-6H2,1-2H3. The third-order valence-corrected chi connectivity index (χ3v) is 2.69. The minimum Gasteiger partial charge on any atom is -0.335 e. The Kier molecular flexibility index (Phi) is 3.19. The fraction of sp³-hybridized carbons (Fsp3) is 0.700. The number of carbonyl (C=O) groups is 1. The van der Waals surface area contributed by atoms with Crippen molar-refractivity contribution in [1.29, 1.82) is 0 Å². The highest BCUT2D eigenvalue weighted by molar-refractivity contribution is 5.92. The van der Waals surface area contributed by atoms with Crippen LogP contribution in [0.5, 0.6) is 0 Å². The smallest absolute Gasteiger partial charge is 0.273 e. The fourth-order valence-electron chi connectivity index (χ4n) is 1.81.